The molecule has 2 N–H and O–H groups in total. The van der Waals surface area contributed by atoms with Crippen LogP contribution in [0, 0.1) is 5.92 Å². The van der Waals surface area contributed by atoms with Gasteiger partial charge in [-0.1, -0.05) is 13.3 Å². The molecule has 0 amide bonds. The average Bonchev–Trinajstić information content (AvgIpc) is 2.77. The fourth-order valence-corrected chi connectivity index (χ4v) is 3.24. The number of nitrogens with zero attached hydrogens (tertiary/aromatic N) is 3. The zero-order valence-electron chi connectivity index (χ0n) is 12.4. The van der Waals surface area contributed by atoms with Gasteiger partial charge in [-0.2, -0.15) is 0 Å². The third kappa shape index (κ3) is 3.37. The first-order chi connectivity index (χ1) is 9.30. The first kappa shape index (κ1) is 14.5. The van der Waals surface area contributed by atoms with Crippen molar-refractivity contribution in [2.45, 2.75) is 52.1 Å². The minimum Gasteiger partial charge on any atom is -0.333 e. The average molecular weight is 264 g/mol. The van der Waals surface area contributed by atoms with Crippen molar-refractivity contribution in [1.82, 2.24) is 14.5 Å². The second kappa shape index (κ2) is 7.06. The van der Waals surface area contributed by atoms with E-state index in [9.17, 15) is 0 Å². The molecule has 0 aromatic carbocycles. The van der Waals surface area contributed by atoms with E-state index in [-0.39, 0.29) is 0 Å². The zero-order chi connectivity index (χ0) is 13.7. The molecule has 4 heteroatoms. The Bertz CT molecular complexity index is 374. The summed E-state index contributed by atoms with van der Waals surface area (Å²) in [6, 6.07) is 0.332. The highest BCUT2D eigenvalue weighted by Crippen LogP contribution is 2.26. The second-order valence-electron chi connectivity index (χ2n) is 5.60. The SMILES string of the molecule is CCC1CCCN(C(CN)c2cncn2CC)CC1. The van der Waals surface area contributed by atoms with Gasteiger partial charge in [-0.05, 0) is 45.2 Å². The van der Waals surface area contributed by atoms with Crippen molar-refractivity contribution >= 4 is 0 Å². The fraction of sp³-hybridized carbons (Fsp3) is 0.800. The molecule has 0 radical (unpaired) electrons. The van der Waals surface area contributed by atoms with Crippen molar-refractivity contribution in [3.8, 4) is 0 Å². The molecule has 0 spiro atoms. The molecule has 1 aromatic heterocycles. The topological polar surface area (TPSA) is 47.1 Å². The van der Waals surface area contributed by atoms with E-state index >= 15 is 0 Å². The van der Waals surface area contributed by atoms with Crippen molar-refractivity contribution in [2.75, 3.05) is 19.6 Å². The molecule has 1 aliphatic heterocycles. The Balaban J connectivity index is 2.09. The molecule has 1 aliphatic rings. The monoisotopic (exact) mass is 264 g/mol. The summed E-state index contributed by atoms with van der Waals surface area (Å²) in [7, 11) is 0. The lowest BCUT2D eigenvalue weighted by atomic mass is 9.98. The lowest BCUT2D eigenvalue weighted by molar-refractivity contribution is 0.199. The number of likely N-dealkylation sites (tertiary alicyclic amines) is 1. The van der Waals surface area contributed by atoms with Crippen LogP contribution in [-0.2, 0) is 6.54 Å². The molecule has 1 fully saturated rings. The maximum Gasteiger partial charge on any atom is 0.0948 e. The van der Waals surface area contributed by atoms with E-state index in [0.717, 1.165) is 12.5 Å². The van der Waals surface area contributed by atoms with Gasteiger partial charge in [0.25, 0.3) is 0 Å². The van der Waals surface area contributed by atoms with Crippen molar-refractivity contribution in [2.24, 2.45) is 11.7 Å². The normalized spacial score (nSPS) is 23.2. The van der Waals surface area contributed by atoms with Crippen LogP contribution in [0.5, 0.6) is 0 Å². The van der Waals surface area contributed by atoms with E-state index < -0.39 is 0 Å². The molecule has 19 heavy (non-hydrogen) atoms. The molecule has 2 heterocycles. The molecule has 2 unspecified atom stereocenters. The van der Waals surface area contributed by atoms with Gasteiger partial charge in [-0.25, -0.2) is 4.98 Å². The minimum atomic E-state index is 0.332. The molecule has 4 nitrogen and oxygen atoms in total. The Hall–Kier alpha value is -0.870. The molecule has 0 bridgehead atoms. The van der Waals surface area contributed by atoms with Gasteiger partial charge in [0.05, 0.1) is 18.1 Å². The lowest BCUT2D eigenvalue weighted by Gasteiger charge is -2.30. The van der Waals surface area contributed by atoms with E-state index in [1.165, 1.54) is 44.5 Å². The van der Waals surface area contributed by atoms with E-state index in [2.05, 4.69) is 28.3 Å². The number of nitrogens with two attached hydrogens (primary N) is 1. The summed E-state index contributed by atoms with van der Waals surface area (Å²) in [5.41, 5.74) is 7.33. The molecule has 1 saturated heterocycles. The molecule has 1 aromatic rings. The Kier molecular flexibility index (Phi) is 5.40. The quantitative estimate of drug-likeness (QED) is 0.888. The van der Waals surface area contributed by atoms with E-state index in [1.54, 1.807) is 0 Å². The standard InChI is InChI=1S/C15H28N4/c1-3-13-6-5-8-19(9-7-13)14(10-16)15-11-17-12-18(15)4-2/h11-14H,3-10,16H2,1-2H3. The summed E-state index contributed by atoms with van der Waals surface area (Å²) in [4.78, 5) is 6.86. The van der Waals surface area contributed by atoms with Gasteiger partial charge in [0.15, 0.2) is 0 Å². The van der Waals surface area contributed by atoms with Crippen LogP contribution in [0.2, 0.25) is 0 Å². The van der Waals surface area contributed by atoms with Gasteiger partial charge in [0.1, 0.15) is 0 Å². The molecule has 0 aliphatic carbocycles. The second-order valence-corrected chi connectivity index (χ2v) is 5.60. The number of aromatic nitrogens is 2. The number of rotatable bonds is 5. The number of hydrogen-bond acceptors (Lipinski definition) is 3. The van der Waals surface area contributed by atoms with Crippen molar-refractivity contribution in [3.05, 3.63) is 18.2 Å². The van der Waals surface area contributed by atoms with Gasteiger partial charge < -0.3 is 10.3 Å². The third-order valence-electron chi connectivity index (χ3n) is 4.55. The Labute approximate surface area is 117 Å². The summed E-state index contributed by atoms with van der Waals surface area (Å²) >= 11 is 0. The molecule has 0 saturated carbocycles. The maximum absolute atomic E-state index is 6.05. The van der Waals surface area contributed by atoms with Gasteiger partial charge in [-0.3, -0.25) is 4.90 Å². The van der Waals surface area contributed by atoms with Gasteiger partial charge in [-0.15, -0.1) is 0 Å². The zero-order valence-corrected chi connectivity index (χ0v) is 12.4. The summed E-state index contributed by atoms with van der Waals surface area (Å²) in [5.74, 6) is 0.902. The number of hydrogen-bond donors (Lipinski definition) is 1. The summed E-state index contributed by atoms with van der Waals surface area (Å²) in [6.07, 6.45) is 9.21. The largest absolute Gasteiger partial charge is 0.333 e. The maximum atomic E-state index is 6.05. The van der Waals surface area contributed by atoms with Crippen LogP contribution >= 0.6 is 0 Å². The Morgan fingerprint density at radius 1 is 1.37 bits per heavy atom. The van der Waals surface area contributed by atoms with Crippen LogP contribution in [0.15, 0.2) is 12.5 Å². The van der Waals surface area contributed by atoms with Crippen molar-refractivity contribution in [3.63, 3.8) is 0 Å². The first-order valence-corrected chi connectivity index (χ1v) is 7.74. The summed E-state index contributed by atoms with van der Waals surface area (Å²) in [5, 5.41) is 0. The van der Waals surface area contributed by atoms with Crippen molar-refractivity contribution < 1.29 is 0 Å². The highest BCUT2D eigenvalue weighted by atomic mass is 15.2. The lowest BCUT2D eigenvalue weighted by Crippen LogP contribution is -2.35. The summed E-state index contributed by atoms with van der Waals surface area (Å²) in [6.45, 7) is 8.48. The third-order valence-corrected chi connectivity index (χ3v) is 4.55. The van der Waals surface area contributed by atoms with Crippen LogP contribution in [-0.4, -0.2) is 34.1 Å². The van der Waals surface area contributed by atoms with Crippen LogP contribution in [0.3, 0.4) is 0 Å². The highest BCUT2D eigenvalue weighted by Gasteiger charge is 2.24. The molecular weight excluding hydrogens is 236 g/mol. The van der Waals surface area contributed by atoms with Crippen LogP contribution in [0.25, 0.3) is 0 Å². The van der Waals surface area contributed by atoms with Crippen molar-refractivity contribution in [1.29, 1.82) is 0 Å². The molecule has 108 valence electrons. The first-order valence-electron chi connectivity index (χ1n) is 7.74. The Morgan fingerprint density at radius 3 is 2.89 bits per heavy atom. The Morgan fingerprint density at radius 2 is 2.21 bits per heavy atom. The van der Waals surface area contributed by atoms with Gasteiger partial charge >= 0.3 is 0 Å². The molecule has 2 rings (SSSR count). The predicted octanol–water partition coefficient (Wildman–Crippen LogP) is 2.41. The number of imidazole rings is 1. The summed E-state index contributed by atoms with van der Waals surface area (Å²) < 4.78 is 2.22. The molecule has 2 atom stereocenters. The van der Waals surface area contributed by atoms with Crippen LogP contribution in [0.1, 0.15) is 51.3 Å². The van der Waals surface area contributed by atoms with Gasteiger partial charge in [0.2, 0.25) is 0 Å². The fourth-order valence-electron chi connectivity index (χ4n) is 3.24. The minimum absolute atomic E-state index is 0.332. The smallest absolute Gasteiger partial charge is 0.0948 e. The van der Waals surface area contributed by atoms with E-state index in [1.807, 2.05) is 12.5 Å². The predicted molar refractivity (Wildman–Crippen MR) is 78.9 cm³/mol. The molecular formula is C15H28N4. The highest BCUT2D eigenvalue weighted by molar-refractivity contribution is 5.07. The number of aryl methyl sites for hydroxylation is 1. The van der Waals surface area contributed by atoms with E-state index in [4.69, 9.17) is 5.73 Å². The van der Waals surface area contributed by atoms with Gasteiger partial charge in [0, 0.05) is 19.3 Å². The van der Waals surface area contributed by atoms with E-state index in [0.29, 0.717) is 12.6 Å². The van der Waals surface area contributed by atoms with Crippen LogP contribution in [0.4, 0.5) is 0 Å². The van der Waals surface area contributed by atoms with Crippen LogP contribution < -0.4 is 5.73 Å².